The van der Waals surface area contributed by atoms with Gasteiger partial charge in [0.2, 0.25) is 0 Å². The molecule has 1 N–H and O–H groups in total. The average Bonchev–Trinajstić information content (AvgIpc) is 3.51. The Morgan fingerprint density at radius 1 is 1.06 bits per heavy atom. The summed E-state index contributed by atoms with van der Waals surface area (Å²) in [6.07, 6.45) is 7.17. The van der Waals surface area contributed by atoms with Gasteiger partial charge in [-0.3, -0.25) is 0 Å². The maximum absolute atomic E-state index is 11.4. The molecule has 1 aromatic carbocycles. The van der Waals surface area contributed by atoms with Gasteiger partial charge >= 0.3 is 5.97 Å². The van der Waals surface area contributed by atoms with Crippen molar-refractivity contribution in [3.8, 4) is 33.0 Å². The van der Waals surface area contributed by atoms with Gasteiger partial charge in [0.15, 0.2) is 23.4 Å². The molecule has 0 amide bonds. The number of carboxylic acid groups (broad SMARTS) is 1. The molecule has 1 atom stereocenters. The normalized spacial score (nSPS) is 16.4. The largest absolute Gasteiger partial charge is 0.479 e. The molecule has 0 bridgehead atoms. The zero-order valence-corrected chi connectivity index (χ0v) is 17.0. The molecule has 0 aliphatic carbocycles. The number of hydrogen-bond acceptors (Lipinski definition) is 9. The molecule has 3 aromatic heterocycles. The number of aromatic nitrogens is 4. The first-order valence-electron chi connectivity index (χ1n) is 9.54. The van der Waals surface area contributed by atoms with E-state index >= 15 is 0 Å². The number of thiazole rings is 1. The molecule has 1 fully saturated rings. The lowest BCUT2D eigenvalue weighted by atomic mass is 10.1. The van der Waals surface area contributed by atoms with E-state index in [9.17, 15) is 9.90 Å². The van der Waals surface area contributed by atoms with Crippen molar-refractivity contribution < 1.29 is 19.1 Å². The first-order chi connectivity index (χ1) is 15.2. The van der Waals surface area contributed by atoms with Crippen molar-refractivity contribution >= 4 is 22.4 Å². The van der Waals surface area contributed by atoms with Gasteiger partial charge < -0.3 is 19.2 Å². The summed E-state index contributed by atoms with van der Waals surface area (Å²) in [7, 11) is 0. The zero-order valence-electron chi connectivity index (χ0n) is 16.2. The smallest absolute Gasteiger partial charge is 0.334 e. The number of hydrogen-bond donors (Lipinski definition) is 1. The molecule has 9 nitrogen and oxygen atoms in total. The summed E-state index contributed by atoms with van der Waals surface area (Å²) < 4.78 is 10.7. The van der Waals surface area contributed by atoms with E-state index in [4.69, 9.17) is 14.1 Å². The van der Waals surface area contributed by atoms with Crippen molar-refractivity contribution in [2.24, 2.45) is 0 Å². The van der Waals surface area contributed by atoms with Crippen molar-refractivity contribution in [3.63, 3.8) is 0 Å². The van der Waals surface area contributed by atoms with E-state index in [1.54, 1.807) is 18.6 Å². The topological polar surface area (TPSA) is 114 Å². The number of rotatable bonds is 5. The van der Waals surface area contributed by atoms with Crippen molar-refractivity contribution in [1.82, 2.24) is 19.9 Å². The molecule has 31 heavy (non-hydrogen) atoms. The minimum Gasteiger partial charge on any atom is -0.479 e. The van der Waals surface area contributed by atoms with E-state index in [2.05, 4.69) is 15.0 Å². The van der Waals surface area contributed by atoms with Crippen LogP contribution >= 0.6 is 11.3 Å². The Kier molecular flexibility index (Phi) is 5.14. The molecule has 0 saturated carbocycles. The number of anilines is 1. The van der Waals surface area contributed by atoms with Gasteiger partial charge in [-0.1, -0.05) is 35.6 Å². The van der Waals surface area contributed by atoms with Crippen LogP contribution in [0.25, 0.3) is 33.0 Å². The number of benzene rings is 1. The number of oxazole rings is 1. The number of nitrogens with zero attached hydrogens (tertiary/aromatic N) is 5. The Morgan fingerprint density at radius 2 is 1.84 bits per heavy atom. The minimum atomic E-state index is -0.971. The van der Waals surface area contributed by atoms with Crippen LogP contribution in [-0.2, 0) is 9.53 Å². The van der Waals surface area contributed by atoms with E-state index in [1.165, 1.54) is 24.1 Å². The fourth-order valence-corrected chi connectivity index (χ4v) is 4.47. The summed E-state index contributed by atoms with van der Waals surface area (Å²) >= 11 is 1.49. The Balaban J connectivity index is 1.53. The molecule has 1 aliphatic rings. The van der Waals surface area contributed by atoms with E-state index in [1.807, 2.05) is 29.2 Å². The number of morpholine rings is 1. The summed E-state index contributed by atoms with van der Waals surface area (Å²) in [6.45, 7) is 1.16. The van der Waals surface area contributed by atoms with Crippen LogP contribution in [0.5, 0.6) is 0 Å². The molecule has 1 unspecified atom stereocenters. The van der Waals surface area contributed by atoms with Crippen LogP contribution in [0.15, 0.2) is 60.0 Å². The van der Waals surface area contributed by atoms with Crippen LogP contribution in [0.4, 0.5) is 5.13 Å². The van der Waals surface area contributed by atoms with Crippen LogP contribution in [-0.4, -0.2) is 56.8 Å². The molecule has 1 saturated heterocycles. The average molecular weight is 435 g/mol. The Hall–Kier alpha value is -3.63. The van der Waals surface area contributed by atoms with E-state index in [-0.39, 0.29) is 6.54 Å². The SMILES string of the molecule is O=C(O)C1CN(c2nc(-c3ccc(-c4cnco4)cc3)c(-c3cncnc3)s2)CCO1. The Morgan fingerprint density at radius 3 is 2.55 bits per heavy atom. The van der Waals surface area contributed by atoms with Gasteiger partial charge in [0, 0.05) is 35.6 Å². The molecule has 4 heterocycles. The number of ether oxygens (including phenoxy) is 1. The van der Waals surface area contributed by atoms with Crippen molar-refractivity contribution in [3.05, 3.63) is 55.6 Å². The third kappa shape index (κ3) is 3.90. The van der Waals surface area contributed by atoms with Crippen molar-refractivity contribution in [1.29, 1.82) is 0 Å². The van der Waals surface area contributed by atoms with Crippen LogP contribution in [0.1, 0.15) is 0 Å². The highest BCUT2D eigenvalue weighted by Gasteiger charge is 2.29. The molecule has 156 valence electrons. The highest BCUT2D eigenvalue weighted by Crippen LogP contribution is 2.40. The fourth-order valence-electron chi connectivity index (χ4n) is 3.37. The van der Waals surface area contributed by atoms with E-state index in [0.29, 0.717) is 18.9 Å². The highest BCUT2D eigenvalue weighted by molar-refractivity contribution is 7.19. The van der Waals surface area contributed by atoms with Gasteiger partial charge in [-0.25, -0.2) is 24.7 Å². The monoisotopic (exact) mass is 435 g/mol. The van der Waals surface area contributed by atoms with Crippen molar-refractivity contribution in [2.75, 3.05) is 24.6 Å². The third-order valence-electron chi connectivity index (χ3n) is 4.93. The van der Waals surface area contributed by atoms with Crippen molar-refractivity contribution in [2.45, 2.75) is 6.10 Å². The minimum absolute atomic E-state index is 0.247. The predicted octanol–water partition coefficient (Wildman–Crippen LogP) is 3.21. The van der Waals surface area contributed by atoms with Crippen LogP contribution < -0.4 is 4.90 Å². The Bertz CT molecular complexity index is 1180. The molecule has 4 aromatic rings. The lowest BCUT2D eigenvalue weighted by molar-refractivity contribution is -0.150. The van der Waals surface area contributed by atoms with Crippen LogP contribution in [0, 0.1) is 0 Å². The van der Waals surface area contributed by atoms with Crippen LogP contribution in [0.2, 0.25) is 0 Å². The molecule has 0 radical (unpaired) electrons. The molecule has 10 heteroatoms. The summed E-state index contributed by atoms with van der Waals surface area (Å²) in [5, 5.41) is 10.1. The molecule has 5 rings (SSSR count). The number of carboxylic acids is 1. The highest BCUT2D eigenvalue weighted by atomic mass is 32.1. The summed E-state index contributed by atoms with van der Waals surface area (Å²) in [5.74, 6) is -0.281. The second-order valence-corrected chi connectivity index (χ2v) is 7.87. The summed E-state index contributed by atoms with van der Waals surface area (Å²) in [5.41, 5.74) is 3.48. The molecular weight excluding hydrogens is 418 g/mol. The predicted molar refractivity (Wildman–Crippen MR) is 114 cm³/mol. The first-order valence-corrected chi connectivity index (χ1v) is 10.4. The molecule has 1 aliphatic heterocycles. The maximum Gasteiger partial charge on any atom is 0.334 e. The van der Waals surface area contributed by atoms with Gasteiger partial charge in [0.05, 0.1) is 29.9 Å². The zero-order chi connectivity index (χ0) is 21.2. The third-order valence-corrected chi connectivity index (χ3v) is 6.09. The number of carbonyl (C=O) groups is 1. The standard InChI is InChI=1S/C21H17N5O4S/c27-20(28)17-10-26(5-6-29-17)21-25-18(19(31-21)15-7-22-11-23-8-15)14-3-1-13(2-4-14)16-9-24-12-30-16/h1-4,7-9,11-12,17H,5-6,10H2,(H,27,28). The quantitative estimate of drug-likeness (QED) is 0.504. The van der Waals surface area contributed by atoms with Gasteiger partial charge in [0.1, 0.15) is 6.33 Å². The lowest BCUT2D eigenvalue weighted by Crippen LogP contribution is -2.46. The maximum atomic E-state index is 11.4. The Labute approximate surface area is 181 Å². The summed E-state index contributed by atoms with van der Waals surface area (Å²) in [6, 6.07) is 7.86. The van der Waals surface area contributed by atoms with E-state index < -0.39 is 12.1 Å². The lowest BCUT2D eigenvalue weighted by Gasteiger charge is -2.30. The van der Waals surface area contributed by atoms with Gasteiger partial charge in [-0.05, 0) is 0 Å². The van der Waals surface area contributed by atoms with Gasteiger partial charge in [-0.15, -0.1) is 0 Å². The first kappa shape index (κ1) is 19.3. The second-order valence-electron chi connectivity index (χ2n) is 6.89. The van der Waals surface area contributed by atoms with Gasteiger partial charge in [0.25, 0.3) is 0 Å². The fraction of sp³-hybridized carbons (Fsp3) is 0.190. The molecular formula is C21H17N5O4S. The van der Waals surface area contributed by atoms with Gasteiger partial charge in [-0.2, -0.15) is 0 Å². The molecule has 0 spiro atoms. The summed E-state index contributed by atoms with van der Waals surface area (Å²) in [4.78, 5) is 31.4. The second kappa shape index (κ2) is 8.25. The van der Waals surface area contributed by atoms with E-state index in [0.717, 1.165) is 32.4 Å². The van der Waals surface area contributed by atoms with Crippen LogP contribution in [0.3, 0.4) is 0 Å². The number of aliphatic carboxylic acids is 1.